The molecular weight excluding hydrogens is 232 g/mol. The first-order valence-electron chi connectivity index (χ1n) is 5.92. The van der Waals surface area contributed by atoms with Gasteiger partial charge in [-0.1, -0.05) is 0 Å². The van der Waals surface area contributed by atoms with E-state index in [2.05, 4.69) is 15.4 Å². The molecule has 1 aliphatic heterocycles. The molecule has 0 saturated heterocycles. The first-order chi connectivity index (χ1) is 8.69. The van der Waals surface area contributed by atoms with E-state index in [1.165, 1.54) is 7.11 Å². The zero-order valence-electron chi connectivity index (χ0n) is 10.3. The van der Waals surface area contributed by atoms with Crippen LogP contribution in [-0.4, -0.2) is 25.5 Å². The van der Waals surface area contributed by atoms with Crippen LogP contribution in [0.5, 0.6) is 0 Å². The number of carbonyl (C=O) groups excluding carboxylic acids is 2. The molecule has 0 aromatic heterocycles. The molecule has 5 heteroatoms. The highest BCUT2D eigenvalue weighted by molar-refractivity contribution is 5.99. The minimum absolute atomic E-state index is 0.0350. The number of anilines is 2. The van der Waals surface area contributed by atoms with Gasteiger partial charge in [0.2, 0.25) is 5.91 Å². The van der Waals surface area contributed by atoms with Crippen molar-refractivity contribution < 1.29 is 14.3 Å². The summed E-state index contributed by atoms with van der Waals surface area (Å²) in [7, 11) is 1.39. The van der Waals surface area contributed by atoms with E-state index in [0.29, 0.717) is 19.4 Å². The highest BCUT2D eigenvalue weighted by Crippen LogP contribution is 2.25. The summed E-state index contributed by atoms with van der Waals surface area (Å²) in [5, 5.41) is 6.01. The third kappa shape index (κ3) is 3.00. The van der Waals surface area contributed by atoms with E-state index in [1.54, 1.807) is 0 Å². The second kappa shape index (κ2) is 5.53. The van der Waals surface area contributed by atoms with Crippen LogP contribution in [0.15, 0.2) is 18.2 Å². The predicted octanol–water partition coefficient (Wildman–Crippen LogP) is 1.55. The Bertz CT molecular complexity index is 471. The van der Waals surface area contributed by atoms with Crippen LogP contribution in [0, 0.1) is 0 Å². The number of hydrogen-bond acceptors (Lipinski definition) is 4. The minimum atomic E-state index is -0.194. The largest absolute Gasteiger partial charge is 0.469 e. The number of esters is 1. The molecule has 1 aromatic carbocycles. The molecule has 18 heavy (non-hydrogen) atoms. The molecule has 0 fully saturated rings. The van der Waals surface area contributed by atoms with Gasteiger partial charge in [0.25, 0.3) is 0 Å². The third-order valence-electron chi connectivity index (χ3n) is 2.84. The summed E-state index contributed by atoms with van der Waals surface area (Å²) in [6.45, 7) is 0.704. The first-order valence-corrected chi connectivity index (χ1v) is 5.92. The van der Waals surface area contributed by atoms with Crippen molar-refractivity contribution in [2.75, 3.05) is 24.3 Å². The molecular formula is C13H16N2O3. The Morgan fingerprint density at radius 3 is 3.11 bits per heavy atom. The Labute approximate surface area is 106 Å². The van der Waals surface area contributed by atoms with E-state index in [-0.39, 0.29) is 11.9 Å². The fraction of sp³-hybridized carbons (Fsp3) is 0.385. The summed E-state index contributed by atoms with van der Waals surface area (Å²) in [5.41, 5.74) is 2.87. The maximum Gasteiger partial charge on any atom is 0.305 e. The van der Waals surface area contributed by atoms with Crippen molar-refractivity contribution in [1.29, 1.82) is 0 Å². The zero-order valence-corrected chi connectivity index (χ0v) is 10.3. The average molecular weight is 248 g/mol. The monoisotopic (exact) mass is 248 g/mol. The van der Waals surface area contributed by atoms with Gasteiger partial charge in [-0.2, -0.15) is 0 Å². The maximum atomic E-state index is 11.2. The second-order valence-electron chi connectivity index (χ2n) is 4.20. The SMILES string of the molecule is COC(=O)CCCNc1ccc2c(c1)CC(=O)N2. The minimum Gasteiger partial charge on any atom is -0.469 e. The molecule has 2 N–H and O–H groups in total. The van der Waals surface area contributed by atoms with E-state index < -0.39 is 0 Å². The fourth-order valence-corrected chi connectivity index (χ4v) is 1.91. The Morgan fingerprint density at radius 2 is 2.33 bits per heavy atom. The molecule has 1 aliphatic rings. The van der Waals surface area contributed by atoms with Gasteiger partial charge >= 0.3 is 5.97 Å². The molecule has 0 bridgehead atoms. The summed E-state index contributed by atoms with van der Waals surface area (Å²) in [4.78, 5) is 22.1. The molecule has 0 saturated carbocycles. The fourth-order valence-electron chi connectivity index (χ4n) is 1.91. The Morgan fingerprint density at radius 1 is 1.50 bits per heavy atom. The quantitative estimate of drug-likeness (QED) is 0.612. The molecule has 96 valence electrons. The lowest BCUT2D eigenvalue weighted by atomic mass is 10.1. The topological polar surface area (TPSA) is 67.4 Å². The lowest BCUT2D eigenvalue weighted by molar-refractivity contribution is -0.140. The molecule has 0 spiro atoms. The lowest BCUT2D eigenvalue weighted by Gasteiger charge is -2.07. The van der Waals surface area contributed by atoms with Crippen LogP contribution in [0.3, 0.4) is 0 Å². The van der Waals surface area contributed by atoms with Gasteiger partial charge in [-0.15, -0.1) is 0 Å². The molecule has 1 heterocycles. The second-order valence-corrected chi connectivity index (χ2v) is 4.20. The number of ether oxygens (including phenoxy) is 1. The molecule has 0 aliphatic carbocycles. The van der Waals surface area contributed by atoms with Crippen LogP contribution in [0.2, 0.25) is 0 Å². The highest BCUT2D eigenvalue weighted by atomic mass is 16.5. The van der Waals surface area contributed by atoms with E-state index >= 15 is 0 Å². The van der Waals surface area contributed by atoms with Crippen LogP contribution in [0.25, 0.3) is 0 Å². The van der Waals surface area contributed by atoms with E-state index in [9.17, 15) is 9.59 Å². The van der Waals surface area contributed by atoms with E-state index in [0.717, 1.165) is 23.4 Å². The van der Waals surface area contributed by atoms with Crippen molar-refractivity contribution in [3.05, 3.63) is 23.8 Å². The Kier molecular flexibility index (Phi) is 3.82. The molecule has 1 aromatic rings. The number of rotatable bonds is 5. The first kappa shape index (κ1) is 12.4. The summed E-state index contributed by atoms with van der Waals surface area (Å²) in [5.74, 6) is -0.159. The number of benzene rings is 1. The summed E-state index contributed by atoms with van der Waals surface area (Å²) >= 11 is 0. The molecule has 5 nitrogen and oxygen atoms in total. The van der Waals surface area contributed by atoms with Crippen molar-refractivity contribution in [3.63, 3.8) is 0 Å². The van der Waals surface area contributed by atoms with Crippen molar-refractivity contribution in [2.45, 2.75) is 19.3 Å². The van der Waals surface area contributed by atoms with Crippen LogP contribution >= 0.6 is 0 Å². The smallest absolute Gasteiger partial charge is 0.305 e. The van der Waals surface area contributed by atoms with Crippen molar-refractivity contribution in [3.8, 4) is 0 Å². The van der Waals surface area contributed by atoms with Gasteiger partial charge in [0.05, 0.1) is 13.5 Å². The number of carbonyl (C=O) groups is 2. The molecule has 0 unspecified atom stereocenters. The van der Waals surface area contributed by atoms with Gasteiger partial charge in [-0.3, -0.25) is 9.59 Å². The Balaban J connectivity index is 1.82. The van der Waals surface area contributed by atoms with Gasteiger partial charge in [-0.05, 0) is 30.2 Å². The van der Waals surface area contributed by atoms with Crippen molar-refractivity contribution >= 4 is 23.3 Å². The molecule has 0 radical (unpaired) electrons. The number of hydrogen-bond donors (Lipinski definition) is 2. The average Bonchev–Trinajstić information content (AvgIpc) is 2.73. The van der Waals surface area contributed by atoms with Gasteiger partial charge in [0.1, 0.15) is 0 Å². The normalized spacial score (nSPS) is 12.8. The number of nitrogens with one attached hydrogen (secondary N) is 2. The molecule has 2 rings (SSSR count). The zero-order chi connectivity index (χ0) is 13.0. The van der Waals surface area contributed by atoms with Crippen LogP contribution in [-0.2, 0) is 20.7 Å². The molecule has 1 amide bonds. The summed E-state index contributed by atoms with van der Waals surface area (Å²) in [6, 6.07) is 5.77. The lowest BCUT2D eigenvalue weighted by Crippen LogP contribution is -2.06. The van der Waals surface area contributed by atoms with E-state index in [1.807, 2.05) is 18.2 Å². The van der Waals surface area contributed by atoms with Gasteiger partial charge in [-0.25, -0.2) is 0 Å². The maximum absolute atomic E-state index is 11.2. The van der Waals surface area contributed by atoms with Gasteiger partial charge in [0.15, 0.2) is 0 Å². The number of methoxy groups -OCH3 is 1. The molecule has 0 atom stereocenters. The van der Waals surface area contributed by atoms with Crippen LogP contribution in [0.1, 0.15) is 18.4 Å². The van der Waals surface area contributed by atoms with Crippen molar-refractivity contribution in [2.24, 2.45) is 0 Å². The Hall–Kier alpha value is -2.04. The highest BCUT2D eigenvalue weighted by Gasteiger charge is 2.17. The summed E-state index contributed by atoms with van der Waals surface area (Å²) < 4.78 is 4.56. The van der Waals surface area contributed by atoms with Crippen molar-refractivity contribution in [1.82, 2.24) is 0 Å². The number of amides is 1. The number of fused-ring (bicyclic) bond motifs is 1. The van der Waals surface area contributed by atoms with Crippen LogP contribution < -0.4 is 10.6 Å². The van der Waals surface area contributed by atoms with Gasteiger partial charge in [0, 0.05) is 24.3 Å². The predicted molar refractivity (Wildman–Crippen MR) is 68.5 cm³/mol. The van der Waals surface area contributed by atoms with Gasteiger partial charge < -0.3 is 15.4 Å². The standard InChI is InChI=1S/C13H16N2O3/c1-18-13(17)3-2-6-14-10-4-5-11-9(7-10)8-12(16)15-11/h4-5,7,14H,2-3,6,8H2,1H3,(H,15,16). The van der Waals surface area contributed by atoms with E-state index in [4.69, 9.17) is 0 Å². The third-order valence-corrected chi connectivity index (χ3v) is 2.84. The summed E-state index contributed by atoms with van der Waals surface area (Å²) in [6.07, 6.45) is 1.57. The van der Waals surface area contributed by atoms with Crippen LogP contribution in [0.4, 0.5) is 11.4 Å².